The molecule has 0 aromatic heterocycles. The standard InChI is InChI=1S/C24H32N2O7S/c1-30-18-10-12-20(22(14-18)32-3)25-24(27)16-26(17-8-6-5-7-9-17)34(28,29)19-11-13-21(31-2)23(15-19)33-4/h10-15,17H,5-9,16H2,1-4H3,(H,25,27). The molecule has 2 aromatic rings. The van der Waals surface area contributed by atoms with E-state index >= 15 is 0 Å². The Bertz CT molecular complexity index is 1100. The molecule has 9 nitrogen and oxygen atoms in total. The van der Waals surface area contributed by atoms with Crippen LogP contribution in [0.1, 0.15) is 32.1 Å². The maximum absolute atomic E-state index is 13.7. The second-order valence-corrected chi connectivity index (χ2v) is 9.86. The van der Waals surface area contributed by atoms with Crippen molar-refractivity contribution in [3.05, 3.63) is 36.4 Å². The third-order valence-electron chi connectivity index (χ3n) is 5.93. The molecule has 3 rings (SSSR count). The minimum Gasteiger partial charge on any atom is -0.497 e. The lowest BCUT2D eigenvalue weighted by Crippen LogP contribution is -2.45. The van der Waals surface area contributed by atoms with Gasteiger partial charge in [0.1, 0.15) is 11.5 Å². The molecule has 1 aliphatic carbocycles. The maximum atomic E-state index is 13.7. The first-order valence-electron chi connectivity index (χ1n) is 11.1. The Hall–Kier alpha value is -2.98. The van der Waals surface area contributed by atoms with Gasteiger partial charge in [-0.25, -0.2) is 8.42 Å². The van der Waals surface area contributed by atoms with Crippen molar-refractivity contribution in [1.82, 2.24) is 4.31 Å². The Balaban J connectivity index is 1.90. The molecule has 34 heavy (non-hydrogen) atoms. The largest absolute Gasteiger partial charge is 0.497 e. The fourth-order valence-corrected chi connectivity index (χ4v) is 5.78. The lowest BCUT2D eigenvalue weighted by Gasteiger charge is -2.33. The highest BCUT2D eigenvalue weighted by atomic mass is 32.2. The number of sulfonamides is 1. The second kappa shape index (κ2) is 11.4. The van der Waals surface area contributed by atoms with E-state index in [1.807, 2.05) is 0 Å². The van der Waals surface area contributed by atoms with Crippen molar-refractivity contribution in [2.24, 2.45) is 0 Å². The Morgan fingerprint density at radius 3 is 2.18 bits per heavy atom. The molecule has 10 heteroatoms. The average molecular weight is 493 g/mol. The van der Waals surface area contributed by atoms with Gasteiger partial charge in [-0.05, 0) is 37.1 Å². The normalized spacial score (nSPS) is 14.5. The third kappa shape index (κ3) is 5.74. The highest BCUT2D eigenvalue weighted by Gasteiger charge is 2.34. The first-order chi connectivity index (χ1) is 16.3. The summed E-state index contributed by atoms with van der Waals surface area (Å²) < 4.78 is 49.8. The molecule has 0 bridgehead atoms. The Morgan fingerprint density at radius 2 is 1.56 bits per heavy atom. The predicted octanol–water partition coefficient (Wildman–Crippen LogP) is 3.68. The molecule has 1 fully saturated rings. The summed E-state index contributed by atoms with van der Waals surface area (Å²) in [5, 5.41) is 2.78. The number of anilines is 1. The second-order valence-electron chi connectivity index (χ2n) is 7.97. The quantitative estimate of drug-likeness (QED) is 0.540. The van der Waals surface area contributed by atoms with Crippen molar-refractivity contribution >= 4 is 21.6 Å². The molecular formula is C24H32N2O7S. The van der Waals surface area contributed by atoms with Gasteiger partial charge in [0, 0.05) is 18.2 Å². The molecule has 1 aliphatic rings. The fraction of sp³-hybridized carbons (Fsp3) is 0.458. The molecule has 2 aromatic carbocycles. The number of ether oxygens (including phenoxy) is 4. The minimum atomic E-state index is -3.99. The van der Waals surface area contributed by atoms with E-state index in [4.69, 9.17) is 18.9 Å². The molecule has 0 unspecified atom stereocenters. The molecule has 186 valence electrons. The lowest BCUT2D eigenvalue weighted by atomic mass is 9.95. The number of hydrogen-bond donors (Lipinski definition) is 1. The van der Waals surface area contributed by atoms with Crippen LogP contribution in [0.5, 0.6) is 23.0 Å². The van der Waals surface area contributed by atoms with Crippen molar-refractivity contribution in [2.45, 2.75) is 43.0 Å². The van der Waals surface area contributed by atoms with Crippen LogP contribution in [-0.4, -0.2) is 59.7 Å². The molecule has 1 N–H and O–H groups in total. The van der Waals surface area contributed by atoms with Crippen LogP contribution < -0.4 is 24.3 Å². The van der Waals surface area contributed by atoms with E-state index in [1.54, 1.807) is 24.3 Å². The van der Waals surface area contributed by atoms with Gasteiger partial charge in [0.05, 0.1) is 45.6 Å². The lowest BCUT2D eigenvalue weighted by molar-refractivity contribution is -0.116. The highest BCUT2D eigenvalue weighted by molar-refractivity contribution is 7.89. The van der Waals surface area contributed by atoms with Gasteiger partial charge in [-0.15, -0.1) is 0 Å². The van der Waals surface area contributed by atoms with Crippen LogP contribution in [0.4, 0.5) is 5.69 Å². The summed E-state index contributed by atoms with van der Waals surface area (Å²) in [6.45, 7) is -0.323. The van der Waals surface area contributed by atoms with E-state index in [-0.39, 0.29) is 17.5 Å². The van der Waals surface area contributed by atoms with Gasteiger partial charge in [0.2, 0.25) is 15.9 Å². The zero-order valence-corrected chi connectivity index (χ0v) is 20.8. The Labute approximate surface area is 201 Å². The molecule has 0 saturated heterocycles. The summed E-state index contributed by atoms with van der Waals surface area (Å²) >= 11 is 0. The van der Waals surface area contributed by atoms with Gasteiger partial charge in [-0.3, -0.25) is 4.79 Å². The first kappa shape index (κ1) is 25.6. The smallest absolute Gasteiger partial charge is 0.243 e. The van der Waals surface area contributed by atoms with Gasteiger partial charge >= 0.3 is 0 Å². The molecule has 0 radical (unpaired) electrons. The topological polar surface area (TPSA) is 103 Å². The van der Waals surface area contributed by atoms with Crippen LogP contribution in [0.3, 0.4) is 0 Å². The molecule has 1 saturated carbocycles. The van der Waals surface area contributed by atoms with Crippen LogP contribution in [-0.2, 0) is 14.8 Å². The van der Waals surface area contributed by atoms with Crippen molar-refractivity contribution in [2.75, 3.05) is 40.3 Å². The molecule has 0 aliphatic heterocycles. The minimum absolute atomic E-state index is 0.0468. The van der Waals surface area contributed by atoms with Crippen molar-refractivity contribution in [3.63, 3.8) is 0 Å². The van der Waals surface area contributed by atoms with Crippen LogP contribution >= 0.6 is 0 Å². The number of carbonyl (C=O) groups is 1. The van der Waals surface area contributed by atoms with Crippen molar-refractivity contribution < 1.29 is 32.2 Å². The van der Waals surface area contributed by atoms with E-state index < -0.39 is 15.9 Å². The zero-order chi connectivity index (χ0) is 24.7. The van der Waals surface area contributed by atoms with Crippen LogP contribution in [0.15, 0.2) is 41.3 Å². The van der Waals surface area contributed by atoms with Crippen LogP contribution in [0.2, 0.25) is 0 Å². The van der Waals surface area contributed by atoms with E-state index in [1.165, 1.54) is 44.9 Å². The molecular weight excluding hydrogens is 460 g/mol. The van der Waals surface area contributed by atoms with E-state index in [9.17, 15) is 13.2 Å². The summed E-state index contributed by atoms with van der Waals surface area (Å²) in [6.07, 6.45) is 4.28. The Morgan fingerprint density at radius 1 is 0.882 bits per heavy atom. The number of hydrogen-bond acceptors (Lipinski definition) is 7. The summed E-state index contributed by atoms with van der Waals surface area (Å²) in [5.41, 5.74) is 0.431. The fourth-order valence-electron chi connectivity index (χ4n) is 4.12. The average Bonchev–Trinajstić information content (AvgIpc) is 2.87. The van der Waals surface area contributed by atoms with Gasteiger partial charge in [-0.1, -0.05) is 19.3 Å². The van der Waals surface area contributed by atoms with E-state index in [0.29, 0.717) is 41.5 Å². The Kier molecular flexibility index (Phi) is 8.62. The number of rotatable bonds is 10. The summed E-state index contributed by atoms with van der Waals surface area (Å²) in [5.74, 6) is 1.27. The van der Waals surface area contributed by atoms with Gasteiger partial charge in [0.15, 0.2) is 11.5 Å². The number of methoxy groups -OCH3 is 4. The number of benzene rings is 2. The van der Waals surface area contributed by atoms with E-state index in [2.05, 4.69) is 5.32 Å². The number of nitrogens with zero attached hydrogens (tertiary/aromatic N) is 1. The highest BCUT2D eigenvalue weighted by Crippen LogP contribution is 2.34. The number of carbonyl (C=O) groups excluding carboxylic acids is 1. The molecule has 0 spiro atoms. The maximum Gasteiger partial charge on any atom is 0.243 e. The van der Waals surface area contributed by atoms with Gasteiger partial charge < -0.3 is 24.3 Å². The number of amides is 1. The number of nitrogens with one attached hydrogen (secondary N) is 1. The predicted molar refractivity (Wildman–Crippen MR) is 128 cm³/mol. The molecule has 1 amide bonds. The van der Waals surface area contributed by atoms with E-state index in [0.717, 1.165) is 19.3 Å². The molecule has 0 heterocycles. The third-order valence-corrected chi connectivity index (χ3v) is 7.82. The SMILES string of the molecule is COc1ccc(NC(=O)CN(C2CCCCC2)S(=O)(=O)c2ccc(OC)c(OC)c2)c(OC)c1. The van der Waals surface area contributed by atoms with Crippen molar-refractivity contribution in [1.29, 1.82) is 0 Å². The monoisotopic (exact) mass is 492 g/mol. The van der Waals surface area contributed by atoms with Gasteiger partial charge in [-0.2, -0.15) is 4.31 Å². The van der Waals surface area contributed by atoms with Gasteiger partial charge in [0.25, 0.3) is 0 Å². The summed E-state index contributed by atoms with van der Waals surface area (Å²) in [4.78, 5) is 13.1. The first-order valence-corrected chi connectivity index (χ1v) is 12.5. The van der Waals surface area contributed by atoms with Crippen LogP contribution in [0, 0.1) is 0 Å². The van der Waals surface area contributed by atoms with Crippen molar-refractivity contribution in [3.8, 4) is 23.0 Å². The zero-order valence-electron chi connectivity index (χ0n) is 20.0. The summed E-state index contributed by atoms with van der Waals surface area (Å²) in [7, 11) is 1.97. The van der Waals surface area contributed by atoms with Crippen LogP contribution in [0.25, 0.3) is 0 Å². The summed E-state index contributed by atoms with van der Waals surface area (Å²) in [6, 6.07) is 9.17. The molecule has 0 atom stereocenters.